The number of piperidine rings is 1. The minimum atomic E-state index is -0.214. The molecule has 8 nitrogen and oxygen atoms in total. The number of nitrogens with one attached hydrogen (secondary N) is 2. The molecule has 2 amide bonds. The normalized spacial score (nSPS) is 13.9. The highest BCUT2D eigenvalue weighted by Gasteiger charge is 2.18. The first kappa shape index (κ1) is 24.8. The summed E-state index contributed by atoms with van der Waals surface area (Å²) in [6, 6.07) is 22.8. The molecule has 0 atom stereocenters. The van der Waals surface area contributed by atoms with Gasteiger partial charge in [-0.2, -0.15) is 0 Å². The maximum absolute atomic E-state index is 12.9. The van der Waals surface area contributed by atoms with Gasteiger partial charge < -0.3 is 19.9 Å². The molecule has 5 aromatic rings. The molecular formula is C30H27N5O3S. The molecule has 1 aliphatic heterocycles. The van der Waals surface area contributed by atoms with Crippen LogP contribution in [0.25, 0.3) is 16.6 Å². The molecule has 1 aliphatic rings. The van der Waals surface area contributed by atoms with Crippen molar-refractivity contribution in [1.29, 1.82) is 0 Å². The molecule has 0 saturated carbocycles. The number of nitrogens with zero attached hydrogens (tertiary/aromatic N) is 3. The zero-order valence-electron chi connectivity index (χ0n) is 21.1. The predicted molar refractivity (Wildman–Crippen MR) is 155 cm³/mol. The van der Waals surface area contributed by atoms with E-state index in [9.17, 15) is 14.7 Å². The summed E-state index contributed by atoms with van der Waals surface area (Å²) >= 11 is 1.38. The van der Waals surface area contributed by atoms with Gasteiger partial charge in [0.2, 0.25) is 0 Å². The number of anilines is 3. The number of hydrogen-bond donors (Lipinski definition) is 3. The summed E-state index contributed by atoms with van der Waals surface area (Å²) in [7, 11) is 0. The fourth-order valence-corrected chi connectivity index (χ4v) is 5.35. The maximum atomic E-state index is 12.9. The largest absolute Gasteiger partial charge is 0.393 e. The average Bonchev–Trinajstić information content (AvgIpc) is 3.63. The first-order chi connectivity index (χ1) is 19.0. The van der Waals surface area contributed by atoms with E-state index in [0.717, 1.165) is 48.2 Å². The molecule has 3 heterocycles. The van der Waals surface area contributed by atoms with Crippen LogP contribution in [-0.2, 0) is 0 Å². The molecule has 1 fully saturated rings. The van der Waals surface area contributed by atoms with Crippen molar-refractivity contribution in [3.05, 3.63) is 102 Å². The minimum absolute atomic E-state index is 0.166. The first-order valence-corrected chi connectivity index (χ1v) is 13.7. The van der Waals surface area contributed by atoms with Crippen LogP contribution >= 0.6 is 11.3 Å². The van der Waals surface area contributed by atoms with Gasteiger partial charge in [-0.25, -0.2) is 4.98 Å². The fourth-order valence-electron chi connectivity index (χ4n) is 4.82. The lowest BCUT2D eigenvalue weighted by Crippen LogP contribution is -2.35. The number of aliphatic hydroxyl groups excluding tert-OH is 1. The third-order valence-corrected chi connectivity index (χ3v) is 7.66. The molecule has 0 radical (unpaired) electrons. The van der Waals surface area contributed by atoms with Crippen molar-refractivity contribution < 1.29 is 14.7 Å². The highest BCUT2D eigenvalue weighted by atomic mass is 32.1. The Morgan fingerprint density at radius 1 is 0.846 bits per heavy atom. The Morgan fingerprint density at radius 2 is 1.51 bits per heavy atom. The van der Waals surface area contributed by atoms with Crippen LogP contribution in [0.4, 0.5) is 16.5 Å². The zero-order chi connectivity index (χ0) is 26.8. The highest BCUT2D eigenvalue weighted by Crippen LogP contribution is 2.25. The van der Waals surface area contributed by atoms with Crippen LogP contribution in [0.3, 0.4) is 0 Å². The summed E-state index contributed by atoms with van der Waals surface area (Å²) in [6.07, 6.45) is 4.94. The van der Waals surface area contributed by atoms with Crippen molar-refractivity contribution in [2.24, 2.45) is 0 Å². The number of aromatic nitrogens is 2. The molecule has 9 heteroatoms. The number of benzene rings is 3. The summed E-state index contributed by atoms with van der Waals surface area (Å²) in [6.45, 7) is 1.64. The van der Waals surface area contributed by atoms with Gasteiger partial charge >= 0.3 is 0 Å². The lowest BCUT2D eigenvalue weighted by atomic mass is 10.1. The average molecular weight is 538 g/mol. The predicted octanol–water partition coefficient (Wildman–Crippen LogP) is 5.55. The Morgan fingerprint density at radius 3 is 2.18 bits per heavy atom. The summed E-state index contributed by atoms with van der Waals surface area (Å²) in [5.41, 5.74) is 4.84. The first-order valence-electron chi connectivity index (χ1n) is 12.8. The Kier molecular flexibility index (Phi) is 6.83. The van der Waals surface area contributed by atoms with E-state index in [0.29, 0.717) is 21.9 Å². The number of aliphatic hydroxyl groups is 1. The molecular weight excluding hydrogens is 510 g/mol. The fraction of sp³-hybridized carbons (Fsp3) is 0.167. The van der Waals surface area contributed by atoms with Crippen molar-refractivity contribution in [2.75, 3.05) is 28.6 Å². The second-order valence-electron chi connectivity index (χ2n) is 9.52. The Labute approximate surface area is 229 Å². The molecule has 1 saturated heterocycles. The van der Waals surface area contributed by atoms with Gasteiger partial charge in [-0.05, 0) is 85.6 Å². The van der Waals surface area contributed by atoms with E-state index in [2.05, 4.69) is 20.5 Å². The Balaban J connectivity index is 1.12. The van der Waals surface area contributed by atoms with Gasteiger partial charge in [0.15, 0.2) is 5.13 Å². The lowest BCUT2D eigenvalue weighted by Gasteiger charge is -2.31. The van der Waals surface area contributed by atoms with Gasteiger partial charge in [-0.1, -0.05) is 0 Å². The van der Waals surface area contributed by atoms with E-state index in [1.807, 2.05) is 76.8 Å². The molecule has 0 unspecified atom stereocenters. The monoisotopic (exact) mass is 537 g/mol. The van der Waals surface area contributed by atoms with Crippen molar-refractivity contribution >= 4 is 50.6 Å². The van der Waals surface area contributed by atoms with E-state index >= 15 is 0 Å². The second kappa shape index (κ2) is 10.7. The number of rotatable bonds is 6. The van der Waals surface area contributed by atoms with E-state index < -0.39 is 0 Å². The SMILES string of the molecule is O=C(Nc1ccc2c(ccn2-c2ccc(C(=O)Nc3nccs3)cc2)c1)c1ccc(N2CCC(O)CC2)cc1. The summed E-state index contributed by atoms with van der Waals surface area (Å²) < 4.78 is 2.04. The van der Waals surface area contributed by atoms with E-state index in [1.54, 1.807) is 18.3 Å². The van der Waals surface area contributed by atoms with Crippen molar-refractivity contribution in [2.45, 2.75) is 18.9 Å². The van der Waals surface area contributed by atoms with E-state index in [-0.39, 0.29) is 17.9 Å². The van der Waals surface area contributed by atoms with E-state index in [1.165, 1.54) is 11.3 Å². The molecule has 39 heavy (non-hydrogen) atoms. The summed E-state index contributed by atoms with van der Waals surface area (Å²) in [4.78, 5) is 31.7. The number of hydrogen-bond acceptors (Lipinski definition) is 6. The van der Waals surface area contributed by atoms with Crippen LogP contribution in [0.5, 0.6) is 0 Å². The van der Waals surface area contributed by atoms with Crippen LogP contribution < -0.4 is 15.5 Å². The van der Waals surface area contributed by atoms with Crippen LogP contribution in [0.1, 0.15) is 33.6 Å². The standard InChI is InChI=1S/C30H27N5O3S/c36-26-12-15-34(16-13-26)24-6-1-20(2-7-24)28(37)32-23-5-10-27-22(19-23)11-17-35(27)25-8-3-21(4-9-25)29(38)33-30-31-14-18-39-30/h1-11,14,17-19,26,36H,12-13,15-16H2,(H,32,37)(H,31,33,38). The van der Waals surface area contributed by atoms with Gasteiger partial charge in [-0.15, -0.1) is 11.3 Å². The van der Waals surface area contributed by atoms with Crippen molar-refractivity contribution in [1.82, 2.24) is 9.55 Å². The van der Waals surface area contributed by atoms with Crippen molar-refractivity contribution in [3.63, 3.8) is 0 Å². The number of carbonyl (C=O) groups is 2. The van der Waals surface area contributed by atoms with Gasteiger partial charge in [0.25, 0.3) is 11.8 Å². The molecule has 0 spiro atoms. The quantitative estimate of drug-likeness (QED) is 0.264. The van der Waals surface area contributed by atoms with Crippen molar-refractivity contribution in [3.8, 4) is 5.69 Å². The molecule has 2 aromatic heterocycles. The smallest absolute Gasteiger partial charge is 0.257 e. The summed E-state index contributed by atoms with van der Waals surface area (Å²) in [5.74, 6) is -0.365. The van der Waals surface area contributed by atoms with Crippen LogP contribution in [0.15, 0.2) is 90.6 Å². The topological polar surface area (TPSA) is 99.5 Å². The van der Waals surface area contributed by atoms with Crippen LogP contribution in [0, 0.1) is 0 Å². The number of fused-ring (bicyclic) bond motifs is 1. The van der Waals surface area contributed by atoms with E-state index in [4.69, 9.17) is 0 Å². The minimum Gasteiger partial charge on any atom is -0.393 e. The molecule has 0 aliphatic carbocycles. The zero-order valence-corrected chi connectivity index (χ0v) is 21.9. The maximum Gasteiger partial charge on any atom is 0.257 e. The van der Waals surface area contributed by atoms with Gasteiger partial charge in [0.05, 0.1) is 11.6 Å². The molecule has 0 bridgehead atoms. The lowest BCUT2D eigenvalue weighted by molar-refractivity contribution is 0.101. The molecule has 3 aromatic carbocycles. The second-order valence-corrected chi connectivity index (χ2v) is 10.4. The van der Waals surface area contributed by atoms with Gasteiger partial charge in [-0.3, -0.25) is 14.9 Å². The third kappa shape index (κ3) is 5.41. The molecule has 3 N–H and O–H groups in total. The number of carbonyl (C=O) groups excluding carboxylic acids is 2. The number of amides is 2. The Bertz CT molecular complexity index is 1600. The van der Waals surface area contributed by atoms with Gasteiger partial charge in [0, 0.05) is 64.4 Å². The Hall–Kier alpha value is -4.47. The molecule has 6 rings (SSSR count). The highest BCUT2D eigenvalue weighted by molar-refractivity contribution is 7.13. The number of thiazole rings is 1. The summed E-state index contributed by atoms with van der Waals surface area (Å²) in [5, 5.41) is 18.9. The third-order valence-electron chi connectivity index (χ3n) is 6.97. The van der Waals surface area contributed by atoms with Crippen LogP contribution in [-0.4, -0.2) is 45.7 Å². The van der Waals surface area contributed by atoms with Crippen LogP contribution in [0.2, 0.25) is 0 Å². The molecule has 196 valence electrons. The van der Waals surface area contributed by atoms with Gasteiger partial charge in [0.1, 0.15) is 0 Å².